The summed E-state index contributed by atoms with van der Waals surface area (Å²) >= 11 is 1.81. The summed E-state index contributed by atoms with van der Waals surface area (Å²) in [5.41, 5.74) is 0.697. The van der Waals surface area contributed by atoms with Crippen LogP contribution >= 0.6 is 11.3 Å². The predicted molar refractivity (Wildman–Crippen MR) is 105 cm³/mol. The summed E-state index contributed by atoms with van der Waals surface area (Å²) < 4.78 is 1.44. The summed E-state index contributed by atoms with van der Waals surface area (Å²) in [7, 11) is -1.74. The molecule has 3 nitrogen and oxygen atoms in total. The van der Waals surface area contributed by atoms with E-state index in [0.29, 0.717) is 12.1 Å². The number of fused-ring (bicyclic) bond motifs is 1. The van der Waals surface area contributed by atoms with Gasteiger partial charge in [-0.25, -0.2) is 0 Å². The second-order valence-electron chi connectivity index (χ2n) is 7.33. The van der Waals surface area contributed by atoms with Crippen molar-refractivity contribution in [3.8, 4) is 0 Å². The van der Waals surface area contributed by atoms with Gasteiger partial charge in [-0.05, 0) is 34.9 Å². The highest BCUT2D eigenvalue weighted by Crippen LogP contribution is 2.42. The number of para-hydroxylation sites is 1. The lowest BCUT2D eigenvalue weighted by Gasteiger charge is -2.31. The molecule has 0 radical (unpaired) electrons. The van der Waals surface area contributed by atoms with E-state index >= 15 is 0 Å². The average molecular weight is 368 g/mol. The zero-order chi connectivity index (χ0) is 17.6. The highest BCUT2D eigenvalue weighted by Gasteiger charge is 2.50. The van der Waals surface area contributed by atoms with Gasteiger partial charge in [-0.15, -0.1) is 0 Å². The molecule has 2 heterocycles. The molecule has 0 saturated carbocycles. The Labute approximate surface area is 153 Å². The molecule has 0 bridgehead atoms. The summed E-state index contributed by atoms with van der Waals surface area (Å²) in [5, 5.41) is 3.53. The number of allylic oxidation sites excluding steroid dienone is 2. The number of hydrogen-bond donors (Lipinski definition) is 0. The topological polar surface area (TPSA) is 37.4 Å². The van der Waals surface area contributed by atoms with Gasteiger partial charge in [0.15, 0.2) is 0 Å². The zero-order valence-corrected chi connectivity index (χ0v) is 16.3. The highest BCUT2D eigenvalue weighted by atomic mass is 32.1. The summed E-state index contributed by atoms with van der Waals surface area (Å²) in [6.07, 6.45) is 3.68. The zero-order valence-electron chi connectivity index (χ0n) is 14.4. The van der Waals surface area contributed by atoms with Gasteiger partial charge in [0.25, 0.3) is 0 Å². The fourth-order valence-corrected chi connectivity index (χ4v) is 8.43. The lowest BCUT2D eigenvalue weighted by atomic mass is 9.85. The molecule has 2 aromatic rings. The number of hydrogen-bond acceptors (Lipinski definition) is 3. The normalized spacial score (nSPS) is 23.6. The van der Waals surface area contributed by atoms with Crippen molar-refractivity contribution >= 4 is 41.4 Å². The molecule has 25 heavy (non-hydrogen) atoms. The molecular weight excluding hydrogens is 346 g/mol. The maximum absolute atomic E-state index is 13.0. The third-order valence-electron chi connectivity index (χ3n) is 5.57. The van der Waals surface area contributed by atoms with Gasteiger partial charge in [-0.1, -0.05) is 54.7 Å². The minimum atomic E-state index is -1.74. The third kappa shape index (κ3) is 2.62. The number of amides is 2. The van der Waals surface area contributed by atoms with Gasteiger partial charge in [0.1, 0.15) is 8.07 Å². The van der Waals surface area contributed by atoms with Gasteiger partial charge in [0.05, 0.1) is 17.5 Å². The lowest BCUT2D eigenvalue weighted by molar-refractivity contribution is -0.122. The van der Waals surface area contributed by atoms with Crippen molar-refractivity contribution < 1.29 is 9.59 Å². The molecule has 2 atom stereocenters. The van der Waals surface area contributed by atoms with Crippen LogP contribution in [0.1, 0.15) is 12.8 Å². The molecule has 1 aliphatic carbocycles. The van der Waals surface area contributed by atoms with E-state index in [4.69, 9.17) is 0 Å². The largest absolute Gasteiger partial charge is 0.274 e. The molecule has 2 unspecified atom stereocenters. The van der Waals surface area contributed by atoms with Crippen molar-refractivity contribution in [2.75, 3.05) is 4.90 Å². The lowest BCUT2D eigenvalue weighted by Crippen LogP contribution is -2.44. The van der Waals surface area contributed by atoms with Crippen molar-refractivity contribution in [2.45, 2.75) is 25.9 Å². The summed E-state index contributed by atoms with van der Waals surface area (Å²) in [5.74, 6) is -0.445. The van der Waals surface area contributed by atoms with E-state index in [-0.39, 0.29) is 23.7 Å². The molecule has 5 heteroatoms. The smallest absolute Gasteiger partial charge is 0.238 e. The maximum Gasteiger partial charge on any atom is 0.238 e. The van der Waals surface area contributed by atoms with E-state index in [0.717, 1.165) is 6.42 Å². The first-order chi connectivity index (χ1) is 12.0. The number of carbonyl (C=O) groups is 2. The number of thiophene rings is 1. The van der Waals surface area contributed by atoms with Crippen LogP contribution in [0.3, 0.4) is 0 Å². The van der Waals surface area contributed by atoms with E-state index in [9.17, 15) is 9.59 Å². The Bertz CT molecular complexity index is 842. The van der Waals surface area contributed by atoms with E-state index in [2.05, 4.69) is 36.7 Å². The molecule has 2 aliphatic rings. The number of imide groups is 1. The second kappa shape index (κ2) is 6.07. The van der Waals surface area contributed by atoms with Crippen molar-refractivity contribution in [3.05, 3.63) is 59.1 Å². The molecule has 2 amide bonds. The number of carbonyl (C=O) groups excluding carboxylic acids is 2. The minimum Gasteiger partial charge on any atom is -0.274 e. The molecule has 1 aromatic heterocycles. The Balaban J connectivity index is 1.63. The quantitative estimate of drug-likeness (QED) is 0.612. The van der Waals surface area contributed by atoms with Gasteiger partial charge >= 0.3 is 0 Å². The first kappa shape index (κ1) is 16.5. The number of nitrogens with zero attached hydrogens (tertiary/aromatic N) is 1. The standard InChI is InChI=1S/C20H21NO2SSi/c1-25(2,18-9-6-12-24-18)15-10-11-16-17(13-15)20(23)21(19(16)22)14-7-4-3-5-8-14/h3-10,12,16-17H,11,13H2,1-2H3. The van der Waals surface area contributed by atoms with Gasteiger partial charge in [-0.2, -0.15) is 11.3 Å². The van der Waals surface area contributed by atoms with Crippen LogP contribution in [0.4, 0.5) is 5.69 Å². The second-order valence-corrected chi connectivity index (χ2v) is 13.1. The Morgan fingerprint density at radius 2 is 1.72 bits per heavy atom. The third-order valence-corrected chi connectivity index (χ3v) is 11.6. The Hall–Kier alpha value is -1.98. The van der Waals surface area contributed by atoms with Crippen LogP contribution in [0.15, 0.2) is 59.1 Å². The van der Waals surface area contributed by atoms with E-state index in [1.807, 2.05) is 30.3 Å². The average Bonchev–Trinajstić information content (AvgIpc) is 3.24. The van der Waals surface area contributed by atoms with E-state index < -0.39 is 8.07 Å². The summed E-state index contributed by atoms with van der Waals surface area (Å²) in [6, 6.07) is 13.6. The van der Waals surface area contributed by atoms with Crippen LogP contribution in [0.2, 0.25) is 13.1 Å². The van der Waals surface area contributed by atoms with Crippen molar-refractivity contribution in [3.63, 3.8) is 0 Å². The fourth-order valence-electron chi connectivity index (χ4n) is 4.00. The predicted octanol–water partition coefficient (Wildman–Crippen LogP) is 3.73. The minimum absolute atomic E-state index is 0.0252. The van der Waals surface area contributed by atoms with E-state index in [1.165, 1.54) is 14.6 Å². The van der Waals surface area contributed by atoms with Crippen LogP contribution in [0.25, 0.3) is 0 Å². The molecule has 1 fully saturated rings. The highest BCUT2D eigenvalue weighted by molar-refractivity contribution is 7.26. The molecule has 1 aromatic carbocycles. The van der Waals surface area contributed by atoms with Crippen LogP contribution in [0.5, 0.6) is 0 Å². The molecule has 0 N–H and O–H groups in total. The van der Waals surface area contributed by atoms with Crippen LogP contribution in [0, 0.1) is 11.8 Å². The first-order valence-electron chi connectivity index (χ1n) is 8.66. The monoisotopic (exact) mass is 367 g/mol. The number of benzene rings is 1. The molecule has 4 rings (SSSR count). The maximum atomic E-state index is 13.0. The van der Waals surface area contributed by atoms with Crippen LogP contribution in [-0.2, 0) is 9.59 Å². The molecular formula is C20H21NO2SSi. The van der Waals surface area contributed by atoms with Gasteiger partial charge in [-0.3, -0.25) is 14.5 Å². The Kier molecular flexibility index (Phi) is 4.00. The van der Waals surface area contributed by atoms with Crippen LogP contribution in [-0.4, -0.2) is 19.9 Å². The fraction of sp³-hybridized carbons (Fsp3) is 0.300. The van der Waals surface area contributed by atoms with Crippen LogP contribution < -0.4 is 9.40 Å². The molecule has 1 saturated heterocycles. The SMILES string of the molecule is C[Si](C)(C1=CCC2C(=O)N(c3ccccc3)C(=O)C2C1)c1cccs1. The summed E-state index contributed by atoms with van der Waals surface area (Å²) in [4.78, 5) is 27.2. The molecule has 0 spiro atoms. The van der Waals surface area contributed by atoms with Crippen molar-refractivity contribution in [1.29, 1.82) is 0 Å². The van der Waals surface area contributed by atoms with Gasteiger partial charge in [0.2, 0.25) is 11.8 Å². The van der Waals surface area contributed by atoms with Crippen molar-refractivity contribution in [2.24, 2.45) is 11.8 Å². The molecule has 1 aliphatic heterocycles. The first-order valence-corrected chi connectivity index (χ1v) is 12.5. The Morgan fingerprint density at radius 3 is 2.40 bits per heavy atom. The van der Waals surface area contributed by atoms with Gasteiger partial charge in [0, 0.05) is 0 Å². The number of rotatable bonds is 3. The summed E-state index contributed by atoms with van der Waals surface area (Å²) in [6.45, 7) is 4.70. The van der Waals surface area contributed by atoms with E-state index in [1.54, 1.807) is 11.3 Å². The van der Waals surface area contributed by atoms with Gasteiger partial charge < -0.3 is 0 Å². The number of anilines is 1. The van der Waals surface area contributed by atoms with Crippen molar-refractivity contribution in [1.82, 2.24) is 0 Å². The molecule has 128 valence electrons. The Morgan fingerprint density at radius 1 is 1.00 bits per heavy atom.